The minimum Gasteiger partial charge on any atom is -0.457 e. The number of carbonyl (C=O) groups is 1. The van der Waals surface area contributed by atoms with Crippen LogP contribution < -0.4 is 0 Å². The first-order chi connectivity index (χ1) is 15.9. The van der Waals surface area contributed by atoms with Crippen LogP contribution in [0.5, 0.6) is 0 Å². The first-order valence-electron chi connectivity index (χ1n) is 11.4. The Bertz CT molecular complexity index is 1120. The Morgan fingerprint density at radius 2 is 1.64 bits per heavy atom. The molecular weight excluding hydrogens is 415 g/mol. The first kappa shape index (κ1) is 24.4. The van der Waals surface area contributed by atoms with Crippen LogP contribution in [0.3, 0.4) is 0 Å². The lowest BCUT2D eigenvalue weighted by Gasteiger charge is -2.13. The van der Waals surface area contributed by atoms with Crippen molar-refractivity contribution in [1.82, 2.24) is 0 Å². The van der Waals surface area contributed by atoms with Gasteiger partial charge in [0, 0.05) is 11.1 Å². The van der Waals surface area contributed by atoms with Crippen LogP contribution in [0.15, 0.2) is 72.8 Å². The van der Waals surface area contributed by atoms with Crippen molar-refractivity contribution in [2.75, 3.05) is 0 Å². The molecule has 172 valence electrons. The Morgan fingerprint density at radius 1 is 0.939 bits per heavy atom. The third kappa shape index (κ3) is 6.39. The Kier molecular flexibility index (Phi) is 8.56. The summed E-state index contributed by atoms with van der Waals surface area (Å²) in [6, 6.07) is 18.8. The first-order valence-corrected chi connectivity index (χ1v) is 11.4. The molecule has 0 aliphatic carbocycles. The maximum atomic E-state index is 15.1. The number of halogens is 1. The summed E-state index contributed by atoms with van der Waals surface area (Å²) in [4.78, 5) is 11.7. The Morgan fingerprint density at radius 3 is 2.27 bits per heavy atom. The Balaban J connectivity index is 1.81. The van der Waals surface area contributed by atoms with Crippen LogP contribution in [0.4, 0.5) is 4.39 Å². The predicted octanol–water partition coefficient (Wildman–Crippen LogP) is 7.00. The van der Waals surface area contributed by atoms with Gasteiger partial charge in [-0.15, -0.1) is 0 Å². The van der Waals surface area contributed by atoms with Gasteiger partial charge in [-0.3, -0.25) is 0 Å². The van der Waals surface area contributed by atoms with Crippen LogP contribution in [0.1, 0.15) is 49.8 Å². The average molecular weight is 447 g/mol. The van der Waals surface area contributed by atoms with Crippen molar-refractivity contribution >= 4 is 5.97 Å². The highest BCUT2D eigenvalue weighted by Gasteiger charge is 2.12. The van der Waals surface area contributed by atoms with E-state index < -0.39 is 5.97 Å². The number of carbonyl (C=O) groups excluding carboxylic acids is 1. The highest BCUT2D eigenvalue weighted by atomic mass is 19.1. The lowest BCUT2D eigenvalue weighted by atomic mass is 9.96. The molecule has 0 saturated heterocycles. The van der Waals surface area contributed by atoms with E-state index in [0.717, 1.165) is 17.5 Å². The molecule has 0 bridgehead atoms. The van der Waals surface area contributed by atoms with Crippen molar-refractivity contribution in [3.8, 4) is 22.3 Å². The van der Waals surface area contributed by atoms with Gasteiger partial charge >= 0.3 is 5.97 Å². The minimum absolute atomic E-state index is 0.0142. The molecule has 0 atom stereocenters. The molecular formula is C29H31FO3. The molecule has 0 saturated carbocycles. The summed E-state index contributed by atoms with van der Waals surface area (Å²) < 4.78 is 20.3. The van der Waals surface area contributed by atoms with Crippen LogP contribution in [-0.2, 0) is 29.2 Å². The van der Waals surface area contributed by atoms with Gasteiger partial charge in [0.2, 0.25) is 0 Å². The standard InChI is InChI=1S/C29H31FO3/c1-4-5-6-7-21-8-10-22(11-9-21)23-14-15-27(28(30)17-23)24-12-13-25(18-31)26(16-24)19-33-29(32)20(2)3/h8-17,31H,2,4-7,18-19H2,1,3H3. The van der Waals surface area contributed by atoms with E-state index in [9.17, 15) is 9.90 Å². The molecule has 4 heteroatoms. The molecule has 0 aliphatic rings. The molecule has 0 amide bonds. The topological polar surface area (TPSA) is 46.5 Å². The van der Waals surface area contributed by atoms with Gasteiger partial charge in [-0.05, 0) is 65.3 Å². The number of hydrogen-bond acceptors (Lipinski definition) is 3. The number of rotatable bonds is 10. The van der Waals surface area contributed by atoms with Crippen LogP contribution in [0.2, 0.25) is 0 Å². The molecule has 0 heterocycles. The summed E-state index contributed by atoms with van der Waals surface area (Å²) in [6.07, 6.45) is 4.68. The number of ether oxygens (including phenoxy) is 1. The molecule has 0 spiro atoms. The molecule has 3 nitrogen and oxygen atoms in total. The zero-order valence-corrected chi connectivity index (χ0v) is 19.4. The summed E-state index contributed by atoms with van der Waals surface area (Å²) in [5.74, 6) is -0.836. The molecule has 3 aromatic rings. The smallest absolute Gasteiger partial charge is 0.333 e. The van der Waals surface area contributed by atoms with Gasteiger partial charge < -0.3 is 9.84 Å². The van der Waals surface area contributed by atoms with Crippen LogP contribution in [0, 0.1) is 5.82 Å². The molecule has 1 N–H and O–H groups in total. The van der Waals surface area contributed by atoms with E-state index in [4.69, 9.17) is 4.74 Å². The monoisotopic (exact) mass is 446 g/mol. The zero-order valence-electron chi connectivity index (χ0n) is 19.4. The van der Waals surface area contributed by atoms with Crippen molar-refractivity contribution in [2.45, 2.75) is 52.7 Å². The second-order valence-corrected chi connectivity index (χ2v) is 8.35. The molecule has 0 aromatic heterocycles. The summed E-state index contributed by atoms with van der Waals surface area (Å²) in [7, 11) is 0. The molecule has 33 heavy (non-hydrogen) atoms. The summed E-state index contributed by atoms with van der Waals surface area (Å²) in [5, 5.41) is 9.62. The second-order valence-electron chi connectivity index (χ2n) is 8.35. The van der Waals surface area contributed by atoms with Crippen molar-refractivity contribution in [1.29, 1.82) is 0 Å². The van der Waals surface area contributed by atoms with Gasteiger partial charge in [-0.25, -0.2) is 9.18 Å². The number of hydrogen-bond donors (Lipinski definition) is 1. The second kappa shape index (κ2) is 11.6. The normalized spacial score (nSPS) is 10.8. The van der Waals surface area contributed by atoms with Gasteiger partial charge in [0.15, 0.2) is 0 Å². The van der Waals surface area contributed by atoms with Gasteiger partial charge in [0.1, 0.15) is 12.4 Å². The third-order valence-corrected chi connectivity index (χ3v) is 5.72. The zero-order chi connectivity index (χ0) is 23.8. The number of aliphatic hydroxyl groups excluding tert-OH is 1. The third-order valence-electron chi connectivity index (χ3n) is 5.72. The molecule has 0 aliphatic heterocycles. The summed E-state index contributed by atoms with van der Waals surface area (Å²) in [6.45, 7) is 7.12. The number of aliphatic hydroxyl groups is 1. The van der Waals surface area contributed by atoms with Crippen LogP contribution >= 0.6 is 0 Å². The van der Waals surface area contributed by atoms with E-state index in [1.165, 1.54) is 24.8 Å². The van der Waals surface area contributed by atoms with Gasteiger partial charge in [-0.2, -0.15) is 0 Å². The van der Waals surface area contributed by atoms with E-state index in [0.29, 0.717) is 27.8 Å². The summed E-state index contributed by atoms with van der Waals surface area (Å²) in [5.41, 5.74) is 5.76. The highest BCUT2D eigenvalue weighted by molar-refractivity contribution is 5.87. The van der Waals surface area contributed by atoms with Crippen LogP contribution in [0.25, 0.3) is 22.3 Å². The van der Waals surface area contributed by atoms with Crippen molar-refractivity contribution < 1.29 is 19.0 Å². The fourth-order valence-corrected chi connectivity index (χ4v) is 3.72. The van der Waals surface area contributed by atoms with E-state index in [1.54, 1.807) is 37.3 Å². The number of benzene rings is 3. The molecule has 0 unspecified atom stereocenters. The van der Waals surface area contributed by atoms with Crippen molar-refractivity contribution in [2.24, 2.45) is 0 Å². The number of unbranched alkanes of at least 4 members (excludes halogenated alkanes) is 2. The number of esters is 1. The Labute approximate surface area is 195 Å². The molecule has 3 aromatic carbocycles. The van der Waals surface area contributed by atoms with Crippen LogP contribution in [-0.4, -0.2) is 11.1 Å². The van der Waals surface area contributed by atoms with E-state index in [-0.39, 0.29) is 19.0 Å². The quantitative estimate of drug-likeness (QED) is 0.207. The lowest BCUT2D eigenvalue weighted by Crippen LogP contribution is -2.06. The fourth-order valence-electron chi connectivity index (χ4n) is 3.72. The minimum atomic E-state index is -0.504. The molecule has 0 fully saturated rings. The molecule has 3 rings (SSSR count). The SMILES string of the molecule is C=C(C)C(=O)OCc1cc(-c2ccc(-c3ccc(CCCCC)cc3)cc2F)ccc1CO. The summed E-state index contributed by atoms with van der Waals surface area (Å²) >= 11 is 0. The highest BCUT2D eigenvalue weighted by Crippen LogP contribution is 2.30. The predicted molar refractivity (Wildman–Crippen MR) is 131 cm³/mol. The maximum Gasteiger partial charge on any atom is 0.333 e. The van der Waals surface area contributed by atoms with Gasteiger partial charge in [0.05, 0.1) is 6.61 Å². The largest absolute Gasteiger partial charge is 0.457 e. The average Bonchev–Trinajstić information content (AvgIpc) is 2.82. The maximum absolute atomic E-state index is 15.1. The number of aryl methyl sites for hydroxylation is 1. The van der Waals surface area contributed by atoms with E-state index in [1.807, 2.05) is 18.2 Å². The van der Waals surface area contributed by atoms with E-state index >= 15 is 4.39 Å². The van der Waals surface area contributed by atoms with Gasteiger partial charge in [0.25, 0.3) is 0 Å². The Hall–Kier alpha value is -3.24. The lowest BCUT2D eigenvalue weighted by molar-refractivity contribution is -0.140. The van der Waals surface area contributed by atoms with Crippen molar-refractivity contribution in [3.63, 3.8) is 0 Å². The van der Waals surface area contributed by atoms with Gasteiger partial charge in [-0.1, -0.05) is 74.9 Å². The fraction of sp³-hybridized carbons (Fsp3) is 0.276. The molecule has 0 radical (unpaired) electrons. The van der Waals surface area contributed by atoms with E-state index in [2.05, 4.69) is 25.6 Å². The van der Waals surface area contributed by atoms with Crippen molar-refractivity contribution in [3.05, 3.63) is 95.3 Å².